The molecule has 0 N–H and O–H groups in total. The van der Waals surface area contributed by atoms with Crippen LogP contribution in [0.4, 0.5) is 11.4 Å². The van der Waals surface area contributed by atoms with E-state index >= 15 is 0 Å². The van der Waals surface area contributed by atoms with E-state index < -0.39 is 5.09 Å². The summed E-state index contributed by atoms with van der Waals surface area (Å²) in [7, 11) is 4.01. The first kappa shape index (κ1) is 16.0. The van der Waals surface area contributed by atoms with Crippen LogP contribution in [0.25, 0.3) is 0 Å². The van der Waals surface area contributed by atoms with Gasteiger partial charge in [0.15, 0.2) is 0 Å². The van der Waals surface area contributed by atoms with Crippen molar-refractivity contribution in [3.05, 3.63) is 63.7 Å². The predicted molar refractivity (Wildman–Crippen MR) is 94.0 cm³/mol. The summed E-state index contributed by atoms with van der Waals surface area (Å²) in [4.78, 5) is 21.7. The van der Waals surface area contributed by atoms with Gasteiger partial charge in [-0.15, -0.1) is 10.1 Å². The number of hydrogen-bond donors (Lipinski definition) is 0. The summed E-state index contributed by atoms with van der Waals surface area (Å²) in [6, 6.07) is 13.4. The molecule has 1 aliphatic heterocycles. The molecule has 1 unspecified atom stereocenters. The molecular formula is C18H19N3O3. The van der Waals surface area contributed by atoms with Crippen molar-refractivity contribution in [2.24, 2.45) is 4.99 Å². The molecule has 0 bridgehead atoms. The topological polar surface area (TPSA) is 68.0 Å². The first-order valence-electron chi connectivity index (χ1n) is 7.66. The summed E-state index contributed by atoms with van der Waals surface area (Å²) in [6.07, 6.45) is 2.67. The summed E-state index contributed by atoms with van der Waals surface area (Å²) in [5.74, 6) is 0.221. The highest BCUT2D eigenvalue weighted by molar-refractivity contribution is 5.85. The smallest absolute Gasteiger partial charge is 0.299 e. The summed E-state index contributed by atoms with van der Waals surface area (Å²) in [5.41, 5.74) is 3.79. The Morgan fingerprint density at radius 1 is 1.21 bits per heavy atom. The zero-order chi connectivity index (χ0) is 17.3. The van der Waals surface area contributed by atoms with Crippen molar-refractivity contribution in [1.82, 2.24) is 0 Å². The highest BCUT2D eigenvalue weighted by Gasteiger charge is 2.32. The van der Waals surface area contributed by atoms with Crippen molar-refractivity contribution < 1.29 is 9.92 Å². The third-order valence-corrected chi connectivity index (χ3v) is 4.28. The molecular weight excluding hydrogens is 306 g/mol. The van der Waals surface area contributed by atoms with Gasteiger partial charge in [0, 0.05) is 31.4 Å². The number of rotatable bonds is 5. The molecule has 1 atom stereocenters. The van der Waals surface area contributed by atoms with E-state index in [1.807, 2.05) is 20.3 Å². The Morgan fingerprint density at radius 2 is 1.92 bits per heavy atom. The van der Waals surface area contributed by atoms with Gasteiger partial charge in [0.2, 0.25) is 0 Å². The quantitative estimate of drug-likeness (QED) is 0.623. The predicted octanol–water partition coefficient (Wildman–Crippen LogP) is 3.54. The van der Waals surface area contributed by atoms with E-state index in [0.717, 1.165) is 23.4 Å². The first-order chi connectivity index (χ1) is 11.4. The van der Waals surface area contributed by atoms with E-state index in [4.69, 9.17) is 0 Å². The number of fused-ring (bicyclic) bond motifs is 1. The van der Waals surface area contributed by atoms with Crippen LogP contribution in [0.15, 0.2) is 47.5 Å². The van der Waals surface area contributed by atoms with Crippen molar-refractivity contribution in [3.8, 4) is 5.75 Å². The fraction of sp³-hybridized carbons (Fsp3) is 0.278. The Bertz CT molecular complexity index is 800. The largest absolute Gasteiger partial charge is 0.378 e. The number of benzene rings is 2. The zero-order valence-corrected chi connectivity index (χ0v) is 13.9. The van der Waals surface area contributed by atoms with Crippen LogP contribution in [0.3, 0.4) is 0 Å². The first-order valence-corrected chi connectivity index (χ1v) is 7.66. The molecule has 24 heavy (non-hydrogen) atoms. The summed E-state index contributed by atoms with van der Waals surface area (Å²) in [6.45, 7) is 2.08. The second-order valence-corrected chi connectivity index (χ2v) is 6.41. The molecule has 0 fully saturated rings. The molecule has 6 heteroatoms. The maximum atomic E-state index is 10.6. The third-order valence-electron chi connectivity index (χ3n) is 4.28. The van der Waals surface area contributed by atoms with E-state index in [0.29, 0.717) is 0 Å². The van der Waals surface area contributed by atoms with Gasteiger partial charge in [-0.05, 0) is 47.9 Å². The molecule has 0 saturated carbocycles. The van der Waals surface area contributed by atoms with E-state index in [-0.39, 0.29) is 11.2 Å². The van der Waals surface area contributed by atoms with Gasteiger partial charge in [-0.2, -0.15) is 0 Å². The lowest BCUT2D eigenvalue weighted by Crippen LogP contribution is -2.24. The molecule has 0 radical (unpaired) electrons. The maximum Gasteiger partial charge on any atom is 0.299 e. The van der Waals surface area contributed by atoms with Crippen molar-refractivity contribution >= 4 is 17.6 Å². The van der Waals surface area contributed by atoms with Crippen LogP contribution in [0.1, 0.15) is 18.1 Å². The number of aliphatic imine (C=N–C) groups is 1. The Labute approximate surface area is 140 Å². The zero-order valence-electron chi connectivity index (χ0n) is 13.9. The molecule has 0 amide bonds. The highest BCUT2D eigenvalue weighted by atomic mass is 17.0. The van der Waals surface area contributed by atoms with E-state index in [9.17, 15) is 10.1 Å². The third kappa shape index (κ3) is 3.08. The molecule has 0 spiro atoms. The number of nitrogens with zero attached hydrogens (tertiary/aromatic N) is 3. The van der Waals surface area contributed by atoms with Crippen LogP contribution in [0.5, 0.6) is 5.75 Å². The van der Waals surface area contributed by atoms with E-state index in [2.05, 4.69) is 45.9 Å². The summed E-state index contributed by atoms with van der Waals surface area (Å²) in [5, 5.41) is 9.76. The van der Waals surface area contributed by atoms with Crippen molar-refractivity contribution in [2.45, 2.75) is 18.8 Å². The van der Waals surface area contributed by atoms with Gasteiger partial charge in [0.1, 0.15) is 5.75 Å². The van der Waals surface area contributed by atoms with Gasteiger partial charge in [0.25, 0.3) is 5.09 Å². The van der Waals surface area contributed by atoms with Gasteiger partial charge in [-0.3, -0.25) is 9.83 Å². The van der Waals surface area contributed by atoms with Crippen LogP contribution >= 0.6 is 0 Å². The van der Waals surface area contributed by atoms with Crippen molar-refractivity contribution in [3.63, 3.8) is 0 Å². The Balaban J connectivity index is 1.87. The monoisotopic (exact) mass is 325 g/mol. The maximum absolute atomic E-state index is 10.6. The minimum absolute atomic E-state index is 0.221. The lowest BCUT2D eigenvalue weighted by atomic mass is 9.79. The van der Waals surface area contributed by atoms with Crippen LogP contribution < -0.4 is 9.74 Å². The van der Waals surface area contributed by atoms with Crippen molar-refractivity contribution in [1.29, 1.82) is 0 Å². The van der Waals surface area contributed by atoms with Gasteiger partial charge < -0.3 is 4.90 Å². The average molecular weight is 325 g/mol. The van der Waals surface area contributed by atoms with Crippen LogP contribution in [0.2, 0.25) is 0 Å². The molecule has 0 aromatic heterocycles. The van der Waals surface area contributed by atoms with Crippen LogP contribution in [0, 0.1) is 10.1 Å². The second kappa shape index (κ2) is 5.96. The molecule has 124 valence electrons. The minimum atomic E-state index is -0.797. The van der Waals surface area contributed by atoms with Gasteiger partial charge in [0.05, 0.1) is 5.69 Å². The lowest BCUT2D eigenvalue weighted by Gasteiger charge is -2.23. The molecule has 1 aliphatic rings. The Kier molecular flexibility index (Phi) is 3.97. The molecule has 3 rings (SSSR count). The standard InChI is InChI=1S/C18H19N3O3/c1-18(11-13-4-6-14(7-5-13)20(2)3)12-19-17-9-8-15(10-16(17)18)24-21(22)23/h4-10,12H,11H2,1-3H3. The van der Waals surface area contributed by atoms with E-state index in [1.54, 1.807) is 18.2 Å². The normalized spacial score (nSPS) is 18.3. The molecule has 6 nitrogen and oxygen atoms in total. The lowest BCUT2D eigenvalue weighted by molar-refractivity contribution is -0.711. The van der Waals surface area contributed by atoms with Gasteiger partial charge in [-0.25, -0.2) is 0 Å². The fourth-order valence-corrected chi connectivity index (χ4v) is 2.99. The van der Waals surface area contributed by atoms with Crippen molar-refractivity contribution in [2.75, 3.05) is 19.0 Å². The fourth-order valence-electron chi connectivity index (χ4n) is 2.99. The van der Waals surface area contributed by atoms with E-state index in [1.165, 1.54) is 5.56 Å². The average Bonchev–Trinajstić information content (AvgIpc) is 2.84. The Morgan fingerprint density at radius 3 is 2.54 bits per heavy atom. The molecule has 2 aromatic carbocycles. The van der Waals surface area contributed by atoms with Gasteiger partial charge >= 0.3 is 0 Å². The van der Waals surface area contributed by atoms with Gasteiger partial charge in [-0.1, -0.05) is 19.1 Å². The van der Waals surface area contributed by atoms with Crippen LogP contribution in [-0.2, 0) is 11.8 Å². The summed E-state index contributed by atoms with van der Waals surface area (Å²) < 4.78 is 0. The van der Waals surface area contributed by atoms with Crippen LogP contribution in [-0.4, -0.2) is 25.4 Å². The number of anilines is 1. The molecule has 0 aliphatic carbocycles. The molecule has 0 saturated heterocycles. The number of hydrogen-bond acceptors (Lipinski definition) is 5. The highest BCUT2D eigenvalue weighted by Crippen LogP contribution is 2.41. The second-order valence-electron chi connectivity index (χ2n) is 6.41. The Hall–Kier alpha value is -2.89. The molecule has 1 heterocycles. The summed E-state index contributed by atoms with van der Waals surface area (Å²) >= 11 is 0. The minimum Gasteiger partial charge on any atom is -0.378 e. The SMILES string of the molecule is CN(C)c1ccc(CC2(C)C=Nc3ccc(O[N+](=O)[O-])cc32)cc1. The molecule has 2 aromatic rings.